The molecule has 2 heterocycles. The third-order valence-corrected chi connectivity index (χ3v) is 4.98. The van der Waals surface area contributed by atoms with Crippen molar-refractivity contribution < 1.29 is 18.4 Å². The van der Waals surface area contributed by atoms with Gasteiger partial charge in [0.25, 0.3) is 0 Å². The number of halogens is 2. The summed E-state index contributed by atoms with van der Waals surface area (Å²) in [5.41, 5.74) is 0.890. The normalized spacial score (nSPS) is 16.3. The first-order chi connectivity index (χ1) is 14.0. The molecule has 4 rings (SSSR count). The minimum absolute atomic E-state index is 0.0424. The van der Waals surface area contributed by atoms with Crippen molar-refractivity contribution in [2.75, 3.05) is 16.8 Å². The van der Waals surface area contributed by atoms with E-state index in [0.717, 1.165) is 5.69 Å². The van der Waals surface area contributed by atoms with E-state index in [9.17, 15) is 14.0 Å². The Hall–Kier alpha value is -3.26. The number of amides is 2. The lowest BCUT2D eigenvalue weighted by Gasteiger charge is -2.15. The minimum atomic E-state index is -0.565. The van der Waals surface area contributed by atoms with Crippen LogP contribution in [0.2, 0.25) is 5.02 Å². The van der Waals surface area contributed by atoms with Crippen molar-refractivity contribution in [2.45, 2.75) is 18.8 Å². The second-order valence-electron chi connectivity index (χ2n) is 6.61. The number of hydrogen-bond acceptors (Lipinski definition) is 5. The van der Waals surface area contributed by atoms with Gasteiger partial charge >= 0.3 is 6.01 Å². The van der Waals surface area contributed by atoms with Gasteiger partial charge in [0.15, 0.2) is 0 Å². The number of nitrogens with zero attached hydrogens (tertiary/aromatic N) is 3. The number of carbonyl (C=O) groups is 2. The highest BCUT2D eigenvalue weighted by atomic mass is 35.5. The number of aromatic nitrogens is 2. The number of carbonyl (C=O) groups excluding carboxylic acids is 2. The van der Waals surface area contributed by atoms with Gasteiger partial charge in [0, 0.05) is 29.2 Å². The Morgan fingerprint density at radius 3 is 2.76 bits per heavy atom. The molecule has 0 bridgehead atoms. The Morgan fingerprint density at radius 1 is 1.21 bits per heavy atom. The van der Waals surface area contributed by atoms with Gasteiger partial charge < -0.3 is 9.32 Å². The maximum absolute atomic E-state index is 13.8. The monoisotopic (exact) mass is 414 g/mol. The van der Waals surface area contributed by atoms with E-state index in [1.807, 2.05) is 30.3 Å². The highest BCUT2D eigenvalue weighted by Gasteiger charge is 2.35. The fraction of sp³-hybridized carbons (Fsp3) is 0.200. The number of hydrogen-bond donors (Lipinski definition) is 1. The average molecular weight is 415 g/mol. The van der Waals surface area contributed by atoms with Crippen molar-refractivity contribution in [3.63, 3.8) is 0 Å². The summed E-state index contributed by atoms with van der Waals surface area (Å²) in [6, 6.07) is 13.4. The van der Waals surface area contributed by atoms with E-state index >= 15 is 0 Å². The van der Waals surface area contributed by atoms with Gasteiger partial charge in [-0.05, 0) is 24.3 Å². The minimum Gasteiger partial charge on any atom is -0.407 e. The standard InChI is InChI=1S/C20H16ClFN4O3/c21-15-7-4-8-16(22)14(15)10-17(27)23-20-25-24-19(29-20)12-9-18(28)26(11-12)13-5-2-1-3-6-13/h1-8,12H,9-11H2,(H,23,25,27)/t12-/m1/s1. The molecule has 1 aliphatic rings. The molecule has 3 aromatic rings. The molecule has 1 atom stereocenters. The summed E-state index contributed by atoms with van der Waals surface area (Å²) in [7, 11) is 0. The molecule has 0 radical (unpaired) electrons. The molecule has 1 aliphatic heterocycles. The predicted molar refractivity (Wildman–Crippen MR) is 104 cm³/mol. The summed E-state index contributed by atoms with van der Waals surface area (Å²) in [5.74, 6) is -1.16. The summed E-state index contributed by atoms with van der Waals surface area (Å²) in [6.45, 7) is 0.406. The highest BCUT2D eigenvalue weighted by Crippen LogP contribution is 2.31. The van der Waals surface area contributed by atoms with Crippen molar-refractivity contribution in [2.24, 2.45) is 0 Å². The number of nitrogens with one attached hydrogen (secondary N) is 1. The van der Waals surface area contributed by atoms with Crippen LogP contribution in [-0.2, 0) is 16.0 Å². The molecule has 1 saturated heterocycles. The van der Waals surface area contributed by atoms with E-state index in [4.69, 9.17) is 16.0 Å². The topological polar surface area (TPSA) is 88.3 Å². The first-order valence-electron chi connectivity index (χ1n) is 8.93. The van der Waals surface area contributed by atoms with Gasteiger partial charge in [-0.2, -0.15) is 0 Å². The first-order valence-corrected chi connectivity index (χ1v) is 9.30. The summed E-state index contributed by atoms with van der Waals surface area (Å²) in [6.07, 6.45) is -0.0395. The molecule has 0 saturated carbocycles. The molecule has 29 heavy (non-hydrogen) atoms. The molecule has 9 heteroatoms. The van der Waals surface area contributed by atoms with Crippen LogP contribution in [0.3, 0.4) is 0 Å². The quantitative estimate of drug-likeness (QED) is 0.689. The lowest BCUT2D eigenvalue weighted by molar-refractivity contribution is -0.117. The molecule has 1 aromatic heterocycles. The molecule has 7 nitrogen and oxygen atoms in total. The Kier molecular flexibility index (Phi) is 5.26. The molecule has 2 amide bonds. The van der Waals surface area contributed by atoms with Crippen LogP contribution >= 0.6 is 11.6 Å². The number of benzene rings is 2. The van der Waals surface area contributed by atoms with Crippen LogP contribution in [0.15, 0.2) is 52.9 Å². The van der Waals surface area contributed by atoms with Crippen molar-refractivity contribution in [1.29, 1.82) is 0 Å². The lowest BCUT2D eigenvalue weighted by atomic mass is 10.1. The van der Waals surface area contributed by atoms with Crippen molar-refractivity contribution in [3.8, 4) is 0 Å². The third-order valence-electron chi connectivity index (χ3n) is 4.63. The number of para-hydroxylation sites is 1. The van der Waals surface area contributed by atoms with E-state index in [1.54, 1.807) is 4.90 Å². The van der Waals surface area contributed by atoms with Crippen LogP contribution in [0.25, 0.3) is 0 Å². The van der Waals surface area contributed by atoms with Gasteiger partial charge in [-0.1, -0.05) is 41.0 Å². The number of rotatable bonds is 5. The summed E-state index contributed by atoms with van der Waals surface area (Å²) < 4.78 is 19.3. The number of anilines is 2. The maximum atomic E-state index is 13.8. The van der Waals surface area contributed by atoms with Gasteiger partial charge in [0.05, 0.1) is 12.3 Å². The molecule has 2 aromatic carbocycles. The molecule has 0 spiro atoms. The van der Waals surface area contributed by atoms with E-state index in [0.29, 0.717) is 6.54 Å². The van der Waals surface area contributed by atoms with Gasteiger partial charge in [-0.15, -0.1) is 5.10 Å². The molecule has 1 N–H and O–H groups in total. The molecular weight excluding hydrogens is 399 g/mol. The van der Waals surface area contributed by atoms with Crippen molar-refractivity contribution in [3.05, 3.63) is 70.8 Å². The Bertz CT molecular complexity index is 1040. The molecule has 0 aliphatic carbocycles. The van der Waals surface area contributed by atoms with Gasteiger partial charge in [-0.3, -0.25) is 14.9 Å². The Morgan fingerprint density at radius 2 is 2.00 bits per heavy atom. The highest BCUT2D eigenvalue weighted by molar-refractivity contribution is 6.31. The van der Waals surface area contributed by atoms with Crippen LogP contribution in [0.5, 0.6) is 0 Å². The van der Waals surface area contributed by atoms with E-state index < -0.39 is 11.7 Å². The van der Waals surface area contributed by atoms with E-state index in [2.05, 4.69) is 15.5 Å². The van der Waals surface area contributed by atoms with Crippen LogP contribution < -0.4 is 10.2 Å². The fourth-order valence-corrected chi connectivity index (χ4v) is 3.44. The lowest BCUT2D eigenvalue weighted by Crippen LogP contribution is -2.24. The molecule has 148 valence electrons. The van der Waals surface area contributed by atoms with Crippen LogP contribution in [-0.4, -0.2) is 28.6 Å². The van der Waals surface area contributed by atoms with E-state index in [-0.39, 0.29) is 47.2 Å². The van der Waals surface area contributed by atoms with Crippen molar-refractivity contribution in [1.82, 2.24) is 10.2 Å². The largest absolute Gasteiger partial charge is 0.407 e. The van der Waals surface area contributed by atoms with Crippen LogP contribution in [0.4, 0.5) is 16.1 Å². The maximum Gasteiger partial charge on any atom is 0.322 e. The summed E-state index contributed by atoms with van der Waals surface area (Å²) in [4.78, 5) is 26.2. The predicted octanol–water partition coefficient (Wildman–Crippen LogP) is 3.56. The van der Waals surface area contributed by atoms with Crippen LogP contribution in [0, 0.1) is 5.82 Å². The van der Waals surface area contributed by atoms with E-state index in [1.165, 1.54) is 18.2 Å². The fourth-order valence-electron chi connectivity index (χ4n) is 3.21. The van der Waals surface area contributed by atoms with Crippen LogP contribution in [0.1, 0.15) is 23.8 Å². The summed E-state index contributed by atoms with van der Waals surface area (Å²) in [5, 5.41) is 10.4. The van der Waals surface area contributed by atoms with Crippen molar-refractivity contribution >= 4 is 35.1 Å². The van der Waals surface area contributed by atoms with Gasteiger partial charge in [0.1, 0.15) is 5.82 Å². The van der Waals surface area contributed by atoms with Gasteiger partial charge in [-0.25, -0.2) is 4.39 Å². The third kappa shape index (κ3) is 4.12. The zero-order valence-electron chi connectivity index (χ0n) is 15.1. The molecule has 0 unspecified atom stereocenters. The second-order valence-corrected chi connectivity index (χ2v) is 7.02. The molecule has 1 fully saturated rings. The first kappa shape index (κ1) is 19.1. The summed E-state index contributed by atoms with van der Waals surface area (Å²) >= 11 is 5.94. The smallest absolute Gasteiger partial charge is 0.322 e. The zero-order valence-corrected chi connectivity index (χ0v) is 15.9. The average Bonchev–Trinajstić information content (AvgIpc) is 3.32. The Labute approximate surface area is 170 Å². The Balaban J connectivity index is 1.41. The molecular formula is C20H16ClFN4O3. The van der Waals surface area contributed by atoms with Gasteiger partial charge in [0.2, 0.25) is 17.7 Å². The SMILES string of the molecule is O=C(Cc1c(F)cccc1Cl)Nc1nnc([C@@H]2CC(=O)N(c3ccccc3)C2)o1. The zero-order chi connectivity index (χ0) is 20.4. The second kappa shape index (κ2) is 8.00.